The summed E-state index contributed by atoms with van der Waals surface area (Å²) in [5.74, 6) is 0.814. The Morgan fingerprint density at radius 3 is 3.00 bits per heavy atom. The molecule has 0 radical (unpaired) electrons. The van der Waals surface area contributed by atoms with Gasteiger partial charge in [-0.05, 0) is 30.0 Å². The summed E-state index contributed by atoms with van der Waals surface area (Å²) in [6.07, 6.45) is 1.56. The Labute approximate surface area is 115 Å². The first-order valence-electron chi connectivity index (χ1n) is 5.77. The smallest absolute Gasteiger partial charge is 0.227 e. The molecule has 0 spiro atoms. The van der Waals surface area contributed by atoms with Gasteiger partial charge in [0.1, 0.15) is 0 Å². The van der Waals surface area contributed by atoms with Crippen molar-refractivity contribution in [2.75, 3.05) is 18.4 Å². The van der Waals surface area contributed by atoms with Gasteiger partial charge in [0, 0.05) is 23.4 Å². The molecule has 0 N–H and O–H groups in total. The van der Waals surface area contributed by atoms with Crippen molar-refractivity contribution in [2.45, 2.75) is 12.8 Å². The molecule has 17 heavy (non-hydrogen) atoms. The van der Waals surface area contributed by atoms with Crippen LogP contribution in [0, 0.1) is 5.92 Å². The lowest BCUT2D eigenvalue weighted by molar-refractivity contribution is -0.129. The van der Waals surface area contributed by atoms with Gasteiger partial charge in [0.05, 0.1) is 6.42 Å². The maximum absolute atomic E-state index is 12.1. The number of hydrogen-bond donors (Lipinski definition) is 0. The summed E-state index contributed by atoms with van der Waals surface area (Å²) in [5, 5.41) is 1.67. The number of amides is 1. The molecule has 2 rings (SSSR count). The van der Waals surface area contributed by atoms with Gasteiger partial charge in [0.25, 0.3) is 0 Å². The van der Waals surface area contributed by atoms with Gasteiger partial charge in [-0.15, -0.1) is 0 Å². The minimum absolute atomic E-state index is 0.204. The standard InChI is InChI=1S/C13H15BrClNO/c14-8-11-4-5-16(9-11)13(17)7-10-2-1-3-12(15)6-10/h1-3,6,11H,4-5,7-9H2. The van der Waals surface area contributed by atoms with E-state index in [4.69, 9.17) is 11.6 Å². The molecule has 0 aliphatic carbocycles. The van der Waals surface area contributed by atoms with Crippen LogP contribution < -0.4 is 0 Å². The van der Waals surface area contributed by atoms with Crippen molar-refractivity contribution in [3.05, 3.63) is 34.9 Å². The average Bonchev–Trinajstić information content (AvgIpc) is 2.77. The molecule has 0 bridgehead atoms. The van der Waals surface area contributed by atoms with Crippen LogP contribution in [0.3, 0.4) is 0 Å². The molecule has 1 aromatic rings. The second-order valence-corrected chi connectivity index (χ2v) is 5.54. The van der Waals surface area contributed by atoms with Crippen LogP contribution in [0.5, 0.6) is 0 Å². The lowest BCUT2D eigenvalue weighted by Gasteiger charge is -2.16. The molecular formula is C13H15BrClNO. The van der Waals surface area contributed by atoms with Crippen molar-refractivity contribution in [3.8, 4) is 0 Å². The molecule has 1 unspecified atom stereocenters. The maximum Gasteiger partial charge on any atom is 0.227 e. The topological polar surface area (TPSA) is 20.3 Å². The van der Waals surface area contributed by atoms with E-state index >= 15 is 0 Å². The number of carbonyl (C=O) groups is 1. The number of likely N-dealkylation sites (tertiary alicyclic amines) is 1. The number of rotatable bonds is 3. The first kappa shape index (κ1) is 12.9. The fraction of sp³-hybridized carbons (Fsp3) is 0.462. The van der Waals surface area contributed by atoms with E-state index in [1.165, 1.54) is 0 Å². The molecule has 0 aromatic heterocycles. The van der Waals surface area contributed by atoms with Gasteiger partial charge >= 0.3 is 0 Å². The number of halogens is 2. The largest absolute Gasteiger partial charge is 0.342 e. The Kier molecular flexibility index (Phi) is 4.46. The van der Waals surface area contributed by atoms with Crippen LogP contribution in [-0.2, 0) is 11.2 Å². The van der Waals surface area contributed by atoms with E-state index in [-0.39, 0.29) is 5.91 Å². The van der Waals surface area contributed by atoms with E-state index in [1.54, 1.807) is 0 Å². The highest BCUT2D eigenvalue weighted by atomic mass is 79.9. The molecule has 92 valence electrons. The first-order valence-corrected chi connectivity index (χ1v) is 7.27. The summed E-state index contributed by atoms with van der Waals surface area (Å²) in [6, 6.07) is 7.52. The van der Waals surface area contributed by atoms with Crippen molar-refractivity contribution in [1.29, 1.82) is 0 Å². The molecule has 1 fully saturated rings. The number of hydrogen-bond acceptors (Lipinski definition) is 1. The van der Waals surface area contributed by atoms with Crippen LogP contribution >= 0.6 is 27.5 Å². The lowest BCUT2D eigenvalue weighted by Crippen LogP contribution is -2.30. The van der Waals surface area contributed by atoms with E-state index in [0.29, 0.717) is 17.4 Å². The highest BCUT2D eigenvalue weighted by molar-refractivity contribution is 9.09. The quantitative estimate of drug-likeness (QED) is 0.785. The predicted molar refractivity (Wildman–Crippen MR) is 73.6 cm³/mol. The predicted octanol–water partition coefficient (Wildman–Crippen LogP) is 3.13. The van der Waals surface area contributed by atoms with E-state index in [1.807, 2.05) is 29.2 Å². The lowest BCUT2D eigenvalue weighted by atomic mass is 10.1. The third kappa shape index (κ3) is 3.46. The van der Waals surface area contributed by atoms with Crippen molar-refractivity contribution < 1.29 is 4.79 Å². The van der Waals surface area contributed by atoms with Crippen LogP contribution in [0.25, 0.3) is 0 Å². The van der Waals surface area contributed by atoms with Gasteiger partial charge in [-0.2, -0.15) is 0 Å². The fourth-order valence-electron chi connectivity index (χ4n) is 2.12. The van der Waals surface area contributed by atoms with Crippen molar-refractivity contribution in [2.24, 2.45) is 5.92 Å². The molecule has 2 nitrogen and oxygen atoms in total. The third-order valence-corrected chi connectivity index (χ3v) is 4.25. The van der Waals surface area contributed by atoms with Crippen LogP contribution in [0.1, 0.15) is 12.0 Å². The third-order valence-electron chi connectivity index (χ3n) is 3.10. The normalized spacial score (nSPS) is 19.6. The Morgan fingerprint density at radius 2 is 2.35 bits per heavy atom. The molecule has 1 aliphatic rings. The Bertz CT molecular complexity index is 410. The zero-order valence-electron chi connectivity index (χ0n) is 9.53. The van der Waals surface area contributed by atoms with Gasteiger partial charge in [-0.3, -0.25) is 4.79 Å². The minimum Gasteiger partial charge on any atom is -0.342 e. The zero-order valence-corrected chi connectivity index (χ0v) is 11.9. The molecule has 1 aromatic carbocycles. The molecule has 0 saturated carbocycles. The van der Waals surface area contributed by atoms with E-state index in [0.717, 1.165) is 30.4 Å². The second-order valence-electron chi connectivity index (χ2n) is 4.46. The molecule has 1 atom stereocenters. The van der Waals surface area contributed by atoms with Gasteiger partial charge in [-0.1, -0.05) is 39.7 Å². The fourth-order valence-corrected chi connectivity index (χ4v) is 2.86. The SMILES string of the molecule is O=C(Cc1cccc(Cl)c1)N1CCC(CBr)C1. The average molecular weight is 317 g/mol. The molecule has 1 heterocycles. The second kappa shape index (κ2) is 5.87. The summed E-state index contributed by atoms with van der Waals surface area (Å²) in [5.41, 5.74) is 0.991. The van der Waals surface area contributed by atoms with Crippen LogP contribution in [0.4, 0.5) is 0 Å². The Balaban J connectivity index is 1.93. The van der Waals surface area contributed by atoms with Gasteiger partial charge in [0.15, 0.2) is 0 Å². The van der Waals surface area contributed by atoms with Crippen molar-refractivity contribution >= 4 is 33.4 Å². The highest BCUT2D eigenvalue weighted by Gasteiger charge is 2.25. The van der Waals surface area contributed by atoms with Gasteiger partial charge in [0.2, 0.25) is 5.91 Å². The number of nitrogens with zero attached hydrogens (tertiary/aromatic N) is 1. The number of alkyl halides is 1. The Hall–Kier alpha value is -0.540. The maximum atomic E-state index is 12.1. The number of carbonyl (C=O) groups excluding carboxylic acids is 1. The van der Waals surface area contributed by atoms with Crippen molar-refractivity contribution in [3.63, 3.8) is 0 Å². The van der Waals surface area contributed by atoms with Crippen LogP contribution in [0.2, 0.25) is 5.02 Å². The van der Waals surface area contributed by atoms with E-state index < -0.39 is 0 Å². The van der Waals surface area contributed by atoms with Crippen LogP contribution in [0.15, 0.2) is 24.3 Å². The Morgan fingerprint density at radius 1 is 1.53 bits per heavy atom. The van der Waals surface area contributed by atoms with E-state index in [9.17, 15) is 4.79 Å². The van der Waals surface area contributed by atoms with Gasteiger partial charge < -0.3 is 4.90 Å². The molecule has 1 saturated heterocycles. The highest BCUT2D eigenvalue weighted by Crippen LogP contribution is 2.19. The number of benzene rings is 1. The molecule has 1 aliphatic heterocycles. The van der Waals surface area contributed by atoms with Crippen LogP contribution in [-0.4, -0.2) is 29.2 Å². The summed E-state index contributed by atoms with van der Waals surface area (Å²) in [6.45, 7) is 1.76. The minimum atomic E-state index is 0.204. The van der Waals surface area contributed by atoms with Crippen molar-refractivity contribution in [1.82, 2.24) is 4.90 Å². The molecule has 4 heteroatoms. The van der Waals surface area contributed by atoms with E-state index in [2.05, 4.69) is 15.9 Å². The zero-order chi connectivity index (χ0) is 12.3. The first-order chi connectivity index (χ1) is 8.19. The molecular weight excluding hydrogens is 302 g/mol. The van der Waals surface area contributed by atoms with Gasteiger partial charge in [-0.25, -0.2) is 0 Å². The summed E-state index contributed by atoms with van der Waals surface area (Å²) in [7, 11) is 0. The summed E-state index contributed by atoms with van der Waals surface area (Å²) < 4.78 is 0. The molecule has 1 amide bonds. The summed E-state index contributed by atoms with van der Waals surface area (Å²) in [4.78, 5) is 14.0. The summed E-state index contributed by atoms with van der Waals surface area (Å²) >= 11 is 9.38. The monoisotopic (exact) mass is 315 g/mol.